The molecule has 0 aliphatic rings. The smallest absolute Gasteiger partial charge is 0.325 e. The van der Waals surface area contributed by atoms with E-state index >= 15 is 0 Å². The van der Waals surface area contributed by atoms with E-state index in [0.29, 0.717) is 0 Å². The van der Waals surface area contributed by atoms with E-state index in [9.17, 15) is 14.9 Å². The molecule has 0 spiro atoms. The first kappa shape index (κ1) is 11.7. The molecule has 1 aromatic rings. The molecule has 8 heteroatoms. The molecule has 3 N–H and O–H groups in total. The van der Waals surface area contributed by atoms with Gasteiger partial charge in [-0.1, -0.05) is 0 Å². The fourth-order valence-electron chi connectivity index (χ4n) is 0.955. The van der Waals surface area contributed by atoms with Crippen LogP contribution in [-0.2, 0) is 9.53 Å². The van der Waals surface area contributed by atoms with Gasteiger partial charge in [0.05, 0.1) is 12.0 Å². The molecule has 8 nitrogen and oxygen atoms in total. The lowest BCUT2D eigenvalue weighted by atomic mass is 10.4. The van der Waals surface area contributed by atoms with Crippen LogP contribution >= 0.6 is 0 Å². The number of nitrogens with zero attached hydrogens (tertiary/aromatic N) is 2. The number of anilines is 2. The van der Waals surface area contributed by atoms with E-state index in [2.05, 4.69) is 15.0 Å². The van der Waals surface area contributed by atoms with Gasteiger partial charge in [0.2, 0.25) is 5.82 Å². The Hall–Kier alpha value is -2.38. The van der Waals surface area contributed by atoms with E-state index in [-0.39, 0.29) is 23.9 Å². The number of ether oxygens (including phenoxy) is 1. The van der Waals surface area contributed by atoms with E-state index in [1.54, 1.807) is 0 Å². The predicted octanol–water partition coefficient (Wildman–Crippen LogP) is 0.157. The second kappa shape index (κ2) is 4.91. The van der Waals surface area contributed by atoms with Crippen LogP contribution in [-0.4, -0.2) is 29.5 Å². The zero-order valence-electron chi connectivity index (χ0n) is 8.47. The van der Waals surface area contributed by atoms with Crippen LogP contribution in [0.5, 0.6) is 0 Å². The summed E-state index contributed by atoms with van der Waals surface area (Å²) >= 11 is 0. The van der Waals surface area contributed by atoms with Crippen molar-refractivity contribution in [1.82, 2.24) is 4.98 Å². The number of aromatic nitrogens is 1. The van der Waals surface area contributed by atoms with Crippen molar-refractivity contribution in [3.63, 3.8) is 0 Å². The Morgan fingerprint density at radius 3 is 2.88 bits per heavy atom. The summed E-state index contributed by atoms with van der Waals surface area (Å²) in [7, 11) is 1.25. The number of esters is 1. The van der Waals surface area contributed by atoms with Gasteiger partial charge in [-0.3, -0.25) is 14.9 Å². The molecule has 0 saturated heterocycles. The average molecular weight is 226 g/mol. The normalized spacial score (nSPS) is 9.56. The number of nitrogens with one attached hydrogen (secondary N) is 1. The summed E-state index contributed by atoms with van der Waals surface area (Å²) in [4.78, 5) is 24.3. The Morgan fingerprint density at radius 1 is 1.69 bits per heavy atom. The third-order valence-corrected chi connectivity index (χ3v) is 1.74. The average Bonchev–Trinajstić information content (AvgIpc) is 2.25. The molecule has 16 heavy (non-hydrogen) atoms. The SMILES string of the molecule is COC(=O)CNc1ccc([N+](=O)[O-])c(N)n1. The van der Waals surface area contributed by atoms with Crippen molar-refractivity contribution in [2.75, 3.05) is 24.7 Å². The highest BCUT2D eigenvalue weighted by Gasteiger charge is 2.12. The Bertz CT molecular complexity index is 420. The van der Waals surface area contributed by atoms with Gasteiger partial charge in [0, 0.05) is 6.07 Å². The molecule has 0 amide bonds. The Kier molecular flexibility index (Phi) is 3.59. The van der Waals surface area contributed by atoms with Crippen molar-refractivity contribution < 1.29 is 14.5 Å². The van der Waals surface area contributed by atoms with Gasteiger partial charge < -0.3 is 15.8 Å². The molecule has 0 atom stereocenters. The zero-order chi connectivity index (χ0) is 12.1. The zero-order valence-corrected chi connectivity index (χ0v) is 8.47. The molecule has 0 radical (unpaired) electrons. The molecule has 0 aliphatic heterocycles. The molecule has 0 aliphatic carbocycles. The summed E-state index contributed by atoms with van der Waals surface area (Å²) in [6.07, 6.45) is 0. The number of hydrogen-bond acceptors (Lipinski definition) is 7. The first-order valence-electron chi connectivity index (χ1n) is 4.26. The molecule has 1 heterocycles. The lowest BCUT2D eigenvalue weighted by Gasteiger charge is -2.04. The van der Waals surface area contributed by atoms with Crippen molar-refractivity contribution >= 4 is 23.3 Å². The molecule has 0 fully saturated rings. The maximum Gasteiger partial charge on any atom is 0.325 e. The number of nitrogens with two attached hydrogens (primary N) is 1. The molecule has 1 rings (SSSR count). The topological polar surface area (TPSA) is 120 Å². The van der Waals surface area contributed by atoms with Gasteiger partial charge in [-0.05, 0) is 6.07 Å². The van der Waals surface area contributed by atoms with Crippen LogP contribution in [0.1, 0.15) is 0 Å². The number of carbonyl (C=O) groups excluding carboxylic acids is 1. The molecule has 1 aromatic heterocycles. The quantitative estimate of drug-likeness (QED) is 0.426. The largest absolute Gasteiger partial charge is 0.468 e. The van der Waals surface area contributed by atoms with E-state index < -0.39 is 10.9 Å². The van der Waals surface area contributed by atoms with Gasteiger partial charge in [0.1, 0.15) is 12.4 Å². The summed E-state index contributed by atoms with van der Waals surface area (Å²) in [5.41, 5.74) is 5.08. The first-order valence-corrected chi connectivity index (χ1v) is 4.26. The minimum absolute atomic E-state index is 0.0826. The maximum atomic E-state index is 10.8. The molecule has 0 unspecified atom stereocenters. The molecular formula is C8H10N4O4. The fourth-order valence-corrected chi connectivity index (χ4v) is 0.955. The van der Waals surface area contributed by atoms with Crippen molar-refractivity contribution in [2.24, 2.45) is 0 Å². The summed E-state index contributed by atoms with van der Waals surface area (Å²) in [5, 5.41) is 13.1. The first-order chi connectivity index (χ1) is 7.54. The van der Waals surface area contributed by atoms with Gasteiger partial charge in [-0.25, -0.2) is 4.98 Å². The van der Waals surface area contributed by atoms with Crippen LogP contribution in [0.2, 0.25) is 0 Å². The van der Waals surface area contributed by atoms with Gasteiger partial charge in [-0.15, -0.1) is 0 Å². The molecule has 0 bridgehead atoms. The molecule has 0 saturated carbocycles. The Labute approximate surface area is 90.6 Å². The summed E-state index contributed by atoms with van der Waals surface area (Å²) in [6, 6.07) is 2.57. The Morgan fingerprint density at radius 2 is 2.38 bits per heavy atom. The molecular weight excluding hydrogens is 216 g/mol. The van der Waals surface area contributed by atoms with Crippen LogP contribution in [0.15, 0.2) is 12.1 Å². The van der Waals surface area contributed by atoms with Gasteiger partial charge in [-0.2, -0.15) is 0 Å². The molecule has 0 aromatic carbocycles. The standard InChI is InChI=1S/C8H10N4O4/c1-16-7(13)4-10-6-3-2-5(12(14)15)8(9)11-6/h2-3H,4H2,1H3,(H3,9,10,11). The van der Waals surface area contributed by atoms with E-state index in [0.717, 1.165) is 0 Å². The highest BCUT2D eigenvalue weighted by atomic mass is 16.6. The van der Waals surface area contributed by atoms with Crippen molar-refractivity contribution in [3.05, 3.63) is 22.2 Å². The second-order valence-electron chi connectivity index (χ2n) is 2.79. The lowest BCUT2D eigenvalue weighted by molar-refractivity contribution is -0.384. The molecule has 86 valence electrons. The lowest BCUT2D eigenvalue weighted by Crippen LogP contribution is -2.16. The minimum Gasteiger partial charge on any atom is -0.468 e. The van der Waals surface area contributed by atoms with Gasteiger partial charge >= 0.3 is 11.7 Å². The van der Waals surface area contributed by atoms with Crippen LogP contribution in [0.4, 0.5) is 17.3 Å². The Balaban J connectivity index is 2.74. The van der Waals surface area contributed by atoms with E-state index in [1.807, 2.05) is 0 Å². The van der Waals surface area contributed by atoms with Crippen molar-refractivity contribution in [1.29, 1.82) is 0 Å². The number of nitro groups is 1. The fraction of sp³-hybridized carbons (Fsp3) is 0.250. The number of carbonyl (C=O) groups is 1. The van der Waals surface area contributed by atoms with E-state index in [4.69, 9.17) is 5.73 Å². The number of nitrogen functional groups attached to an aromatic ring is 1. The number of methoxy groups -OCH3 is 1. The number of hydrogen-bond donors (Lipinski definition) is 2. The predicted molar refractivity (Wildman–Crippen MR) is 55.8 cm³/mol. The van der Waals surface area contributed by atoms with Crippen LogP contribution in [0, 0.1) is 10.1 Å². The van der Waals surface area contributed by atoms with Crippen LogP contribution < -0.4 is 11.1 Å². The van der Waals surface area contributed by atoms with Gasteiger partial charge in [0.25, 0.3) is 0 Å². The van der Waals surface area contributed by atoms with Gasteiger partial charge in [0.15, 0.2) is 0 Å². The highest BCUT2D eigenvalue weighted by molar-refractivity contribution is 5.74. The second-order valence-corrected chi connectivity index (χ2v) is 2.79. The third kappa shape index (κ3) is 2.80. The maximum absolute atomic E-state index is 10.8. The minimum atomic E-state index is -0.633. The van der Waals surface area contributed by atoms with E-state index in [1.165, 1.54) is 19.2 Å². The number of pyridine rings is 1. The number of rotatable bonds is 4. The summed E-state index contributed by atoms with van der Waals surface area (Å²) < 4.78 is 4.40. The highest BCUT2D eigenvalue weighted by Crippen LogP contribution is 2.20. The van der Waals surface area contributed by atoms with Crippen LogP contribution in [0.3, 0.4) is 0 Å². The van der Waals surface area contributed by atoms with Crippen molar-refractivity contribution in [2.45, 2.75) is 0 Å². The summed E-state index contributed by atoms with van der Waals surface area (Å²) in [6.45, 7) is -0.0826. The summed E-state index contributed by atoms with van der Waals surface area (Å²) in [5.74, 6) is -0.410. The van der Waals surface area contributed by atoms with Crippen LogP contribution in [0.25, 0.3) is 0 Å². The van der Waals surface area contributed by atoms with Crippen molar-refractivity contribution in [3.8, 4) is 0 Å². The monoisotopic (exact) mass is 226 g/mol. The third-order valence-electron chi connectivity index (χ3n) is 1.74.